The number of hydrogen-bond donors (Lipinski definition) is 2. The largest absolute Gasteiger partial charge is 0.506 e. The molecule has 17 heavy (non-hydrogen) atoms. The Bertz CT molecular complexity index is 452. The molecule has 0 saturated heterocycles. The summed E-state index contributed by atoms with van der Waals surface area (Å²) in [5.74, 6) is -0.182. The third-order valence-electron chi connectivity index (χ3n) is 2.54. The second kappa shape index (κ2) is 3.68. The summed E-state index contributed by atoms with van der Waals surface area (Å²) >= 11 is 0. The average Bonchev–Trinajstić information content (AvgIpc) is 2.89. The van der Waals surface area contributed by atoms with Gasteiger partial charge in [-0.1, -0.05) is 0 Å². The first-order chi connectivity index (χ1) is 7.79. The van der Waals surface area contributed by atoms with Crippen LogP contribution in [0.4, 0.5) is 4.79 Å². The van der Waals surface area contributed by atoms with E-state index in [-0.39, 0.29) is 17.5 Å². The van der Waals surface area contributed by atoms with Crippen molar-refractivity contribution in [2.75, 3.05) is 0 Å². The van der Waals surface area contributed by atoms with Crippen molar-refractivity contribution in [2.24, 2.45) is 0 Å². The second-order valence-electron chi connectivity index (χ2n) is 5.36. The lowest BCUT2D eigenvalue weighted by molar-refractivity contribution is 0.0520. The van der Waals surface area contributed by atoms with E-state index in [0.29, 0.717) is 5.69 Å². The summed E-state index contributed by atoms with van der Waals surface area (Å²) in [6, 6.07) is 1.18. The lowest BCUT2D eigenvalue weighted by atomic mass is 10.2. The minimum absolute atomic E-state index is 0.0455. The van der Waals surface area contributed by atoms with Crippen LogP contribution in [0.1, 0.15) is 45.2 Å². The van der Waals surface area contributed by atoms with Crippen LogP contribution in [0.5, 0.6) is 11.6 Å². The van der Waals surface area contributed by atoms with Gasteiger partial charge in [0.15, 0.2) is 0 Å². The van der Waals surface area contributed by atoms with Gasteiger partial charge in [-0.2, -0.15) is 0 Å². The number of rotatable bonds is 1. The average molecular weight is 239 g/mol. The molecule has 1 aliphatic carbocycles. The zero-order valence-corrected chi connectivity index (χ0v) is 10.2. The highest BCUT2D eigenvalue weighted by atomic mass is 16.6. The Morgan fingerprint density at radius 1 is 1.41 bits per heavy atom. The molecule has 0 atom stereocenters. The molecule has 0 amide bonds. The molecule has 1 fully saturated rings. The Morgan fingerprint density at radius 2 is 2.00 bits per heavy atom. The Kier molecular flexibility index (Phi) is 2.56. The van der Waals surface area contributed by atoms with Crippen LogP contribution in [0, 0.1) is 0 Å². The summed E-state index contributed by atoms with van der Waals surface area (Å²) in [7, 11) is 0. The number of nitrogens with zero attached hydrogens (tertiary/aromatic N) is 1. The highest BCUT2D eigenvalue weighted by Crippen LogP contribution is 2.46. The molecule has 1 aromatic rings. The smallest absolute Gasteiger partial charge is 0.421 e. The van der Waals surface area contributed by atoms with E-state index < -0.39 is 11.7 Å². The molecule has 0 radical (unpaired) electrons. The van der Waals surface area contributed by atoms with Gasteiger partial charge < -0.3 is 14.9 Å². The van der Waals surface area contributed by atoms with Gasteiger partial charge in [-0.25, -0.2) is 9.36 Å². The molecule has 2 rings (SSSR count). The van der Waals surface area contributed by atoms with Crippen LogP contribution in [0.2, 0.25) is 0 Å². The molecular weight excluding hydrogens is 222 g/mol. The Balaban J connectivity index is 2.34. The molecule has 5 heteroatoms. The highest BCUT2D eigenvalue weighted by molar-refractivity contribution is 5.76. The van der Waals surface area contributed by atoms with Gasteiger partial charge in [0, 0.05) is 12.0 Å². The Labute approximate surface area is 99.6 Å². The summed E-state index contributed by atoms with van der Waals surface area (Å²) in [6.07, 6.45) is 1.18. The fraction of sp³-hybridized carbons (Fsp3) is 0.583. The van der Waals surface area contributed by atoms with E-state index >= 15 is 0 Å². The molecule has 0 aromatic carbocycles. The number of aromatic nitrogens is 1. The summed E-state index contributed by atoms with van der Waals surface area (Å²) in [4.78, 5) is 11.9. The van der Waals surface area contributed by atoms with Crippen LogP contribution in [0.3, 0.4) is 0 Å². The zero-order chi connectivity index (χ0) is 12.8. The van der Waals surface area contributed by atoms with E-state index in [1.165, 1.54) is 6.07 Å². The number of hydrogen-bond acceptors (Lipinski definition) is 4. The van der Waals surface area contributed by atoms with Gasteiger partial charge in [0.1, 0.15) is 11.4 Å². The molecule has 1 heterocycles. The number of carbonyl (C=O) groups excluding carboxylic acids is 1. The normalized spacial score (nSPS) is 15.9. The molecule has 0 bridgehead atoms. The predicted molar refractivity (Wildman–Crippen MR) is 61.4 cm³/mol. The van der Waals surface area contributed by atoms with E-state index in [4.69, 9.17) is 4.74 Å². The van der Waals surface area contributed by atoms with E-state index in [9.17, 15) is 15.0 Å². The maximum Gasteiger partial charge on any atom is 0.421 e. The first-order valence-corrected chi connectivity index (χ1v) is 5.66. The minimum Gasteiger partial charge on any atom is -0.506 e. The molecule has 1 aliphatic rings. The molecule has 0 unspecified atom stereocenters. The molecule has 5 nitrogen and oxygen atoms in total. The van der Waals surface area contributed by atoms with Crippen molar-refractivity contribution in [1.82, 2.24) is 4.57 Å². The summed E-state index contributed by atoms with van der Waals surface area (Å²) in [5, 5.41) is 19.3. The van der Waals surface area contributed by atoms with Crippen LogP contribution >= 0.6 is 0 Å². The van der Waals surface area contributed by atoms with Gasteiger partial charge in [0.05, 0.1) is 5.69 Å². The molecule has 0 spiro atoms. The van der Waals surface area contributed by atoms with Crippen molar-refractivity contribution < 1.29 is 19.7 Å². The summed E-state index contributed by atoms with van der Waals surface area (Å²) in [6.45, 7) is 5.26. The van der Waals surface area contributed by atoms with Gasteiger partial charge in [-0.05, 0) is 33.6 Å². The second-order valence-corrected chi connectivity index (χ2v) is 5.36. The summed E-state index contributed by atoms with van der Waals surface area (Å²) < 4.78 is 6.24. The first kappa shape index (κ1) is 11.8. The van der Waals surface area contributed by atoms with Crippen molar-refractivity contribution in [1.29, 1.82) is 0 Å². The van der Waals surface area contributed by atoms with E-state index in [1.807, 2.05) is 0 Å². The van der Waals surface area contributed by atoms with Crippen LogP contribution < -0.4 is 0 Å². The van der Waals surface area contributed by atoms with Gasteiger partial charge in [-0.15, -0.1) is 0 Å². The summed E-state index contributed by atoms with van der Waals surface area (Å²) in [5.41, 5.74) is -0.179. The maximum absolute atomic E-state index is 11.9. The topological polar surface area (TPSA) is 71.7 Å². The van der Waals surface area contributed by atoms with Crippen LogP contribution in [0.25, 0.3) is 0 Å². The third kappa shape index (κ3) is 2.38. The Morgan fingerprint density at radius 3 is 2.47 bits per heavy atom. The zero-order valence-electron chi connectivity index (χ0n) is 10.2. The molecule has 94 valence electrons. The fourth-order valence-corrected chi connectivity index (χ4v) is 1.75. The van der Waals surface area contributed by atoms with Gasteiger partial charge in [-0.3, -0.25) is 0 Å². The lowest BCUT2D eigenvalue weighted by Gasteiger charge is -2.20. The van der Waals surface area contributed by atoms with Crippen molar-refractivity contribution in [3.05, 3.63) is 11.8 Å². The van der Waals surface area contributed by atoms with Crippen molar-refractivity contribution in [2.45, 2.75) is 45.1 Å². The molecule has 2 N–H and O–H groups in total. The maximum atomic E-state index is 11.9. The van der Waals surface area contributed by atoms with Crippen LogP contribution in [0.15, 0.2) is 6.07 Å². The highest BCUT2D eigenvalue weighted by Gasteiger charge is 2.34. The van der Waals surface area contributed by atoms with E-state index in [0.717, 1.165) is 17.4 Å². The fourth-order valence-electron chi connectivity index (χ4n) is 1.75. The monoisotopic (exact) mass is 239 g/mol. The quantitative estimate of drug-likeness (QED) is 0.790. The lowest BCUT2D eigenvalue weighted by Crippen LogP contribution is -2.27. The van der Waals surface area contributed by atoms with Crippen molar-refractivity contribution in [3.63, 3.8) is 0 Å². The van der Waals surface area contributed by atoms with E-state index in [2.05, 4.69) is 0 Å². The van der Waals surface area contributed by atoms with Crippen molar-refractivity contribution in [3.8, 4) is 11.6 Å². The standard InChI is InChI=1S/C12H17NO4/c1-12(2,3)17-11(16)13-9(15)6-8(14)10(13)7-4-5-7/h6-7,14-15H,4-5H2,1-3H3. The molecular formula is C12H17NO4. The Hall–Kier alpha value is -1.65. The first-order valence-electron chi connectivity index (χ1n) is 5.66. The molecule has 0 aliphatic heterocycles. The minimum atomic E-state index is -0.655. The van der Waals surface area contributed by atoms with Gasteiger partial charge >= 0.3 is 6.09 Å². The van der Waals surface area contributed by atoms with E-state index in [1.54, 1.807) is 20.8 Å². The van der Waals surface area contributed by atoms with Crippen LogP contribution in [-0.2, 0) is 4.74 Å². The SMILES string of the molecule is CC(C)(C)OC(=O)n1c(O)cc(O)c1C1CC1. The van der Waals surface area contributed by atoms with Gasteiger partial charge in [0.2, 0.25) is 5.88 Å². The number of carbonyl (C=O) groups is 1. The van der Waals surface area contributed by atoms with Crippen molar-refractivity contribution >= 4 is 6.09 Å². The number of aromatic hydroxyl groups is 2. The predicted octanol–water partition coefficient (Wildman–Crippen LogP) is 2.56. The van der Waals surface area contributed by atoms with Gasteiger partial charge in [0.25, 0.3) is 0 Å². The molecule has 1 saturated carbocycles. The van der Waals surface area contributed by atoms with Crippen LogP contribution in [-0.4, -0.2) is 26.5 Å². The molecule has 1 aromatic heterocycles. The third-order valence-corrected chi connectivity index (χ3v) is 2.54. The number of ether oxygens (including phenoxy) is 1.